The normalized spacial score (nSPS) is 11.4. The summed E-state index contributed by atoms with van der Waals surface area (Å²) in [5.41, 5.74) is -1.58. The second-order valence-electron chi connectivity index (χ2n) is 5.82. The second kappa shape index (κ2) is 7.38. The molecule has 0 bridgehead atoms. The summed E-state index contributed by atoms with van der Waals surface area (Å²) in [6.07, 6.45) is -4.75. The van der Waals surface area contributed by atoms with Gasteiger partial charge in [0.1, 0.15) is 5.82 Å². The lowest BCUT2D eigenvalue weighted by Crippen LogP contribution is -2.14. The Labute approximate surface area is 155 Å². The van der Waals surface area contributed by atoms with Crippen LogP contribution in [-0.2, 0) is 6.18 Å². The van der Waals surface area contributed by atoms with E-state index >= 15 is 0 Å². The van der Waals surface area contributed by atoms with Gasteiger partial charge in [-0.1, -0.05) is 24.3 Å². The van der Waals surface area contributed by atoms with Crippen LogP contribution in [0.2, 0.25) is 0 Å². The van der Waals surface area contributed by atoms with E-state index in [0.29, 0.717) is 6.07 Å². The predicted molar refractivity (Wildman–Crippen MR) is 91.1 cm³/mol. The van der Waals surface area contributed by atoms with Gasteiger partial charge in [-0.25, -0.2) is 13.2 Å². The van der Waals surface area contributed by atoms with E-state index in [1.54, 1.807) is 0 Å². The summed E-state index contributed by atoms with van der Waals surface area (Å²) in [7, 11) is 0. The summed E-state index contributed by atoms with van der Waals surface area (Å²) >= 11 is 0. The lowest BCUT2D eigenvalue weighted by molar-refractivity contribution is -0.137. The quantitative estimate of drug-likeness (QED) is 0.538. The third-order valence-electron chi connectivity index (χ3n) is 3.94. The second-order valence-corrected chi connectivity index (χ2v) is 5.82. The van der Waals surface area contributed by atoms with Crippen molar-refractivity contribution in [1.29, 1.82) is 0 Å². The minimum Gasteiger partial charge on any atom is -0.322 e. The number of anilines is 1. The van der Waals surface area contributed by atoms with E-state index in [1.807, 2.05) is 0 Å². The summed E-state index contributed by atoms with van der Waals surface area (Å²) in [4.78, 5) is 12.1. The number of carbonyl (C=O) groups excluding carboxylic acids is 1. The summed E-state index contributed by atoms with van der Waals surface area (Å²) in [5, 5.41) is 2.33. The highest BCUT2D eigenvalue weighted by Crippen LogP contribution is 2.37. The Balaban J connectivity index is 1.87. The summed E-state index contributed by atoms with van der Waals surface area (Å²) in [6.45, 7) is 0. The number of hydrogen-bond acceptors (Lipinski definition) is 1. The van der Waals surface area contributed by atoms with Crippen molar-refractivity contribution in [3.05, 3.63) is 89.2 Å². The van der Waals surface area contributed by atoms with Gasteiger partial charge in [0.15, 0.2) is 11.6 Å². The lowest BCUT2D eigenvalue weighted by Gasteiger charge is -2.14. The van der Waals surface area contributed by atoms with Crippen LogP contribution >= 0.6 is 0 Å². The topological polar surface area (TPSA) is 29.1 Å². The first-order valence-corrected chi connectivity index (χ1v) is 7.89. The Morgan fingerprint density at radius 2 is 1.54 bits per heavy atom. The zero-order chi connectivity index (χ0) is 20.5. The molecular formula is C20H11F6NO. The van der Waals surface area contributed by atoms with Crippen LogP contribution in [0.4, 0.5) is 32.0 Å². The summed E-state index contributed by atoms with van der Waals surface area (Å²) in [5.74, 6) is -4.42. The molecule has 0 aliphatic heterocycles. The average Bonchev–Trinajstić information content (AvgIpc) is 2.64. The maximum atomic E-state index is 13.7. The van der Waals surface area contributed by atoms with Crippen molar-refractivity contribution in [2.75, 3.05) is 5.32 Å². The number of hydrogen-bond donors (Lipinski definition) is 1. The highest BCUT2D eigenvalue weighted by molar-refractivity contribution is 6.04. The standard InChI is InChI=1S/C20H11F6NO/c21-12-6-9-14(16(10-12)20(24,25)26)11-4-7-13(8-5-11)27-19(28)15-2-1-3-17(22)18(15)23/h1-10H,(H,27,28). The number of nitrogens with one attached hydrogen (secondary N) is 1. The molecule has 3 aromatic carbocycles. The molecule has 2 nitrogen and oxygen atoms in total. The van der Waals surface area contributed by atoms with Gasteiger partial charge in [-0.2, -0.15) is 13.2 Å². The number of carbonyl (C=O) groups is 1. The predicted octanol–water partition coefficient (Wildman–Crippen LogP) is 6.04. The van der Waals surface area contributed by atoms with Crippen LogP contribution in [-0.4, -0.2) is 5.91 Å². The molecule has 0 aliphatic rings. The molecule has 3 aromatic rings. The minimum atomic E-state index is -4.75. The number of amides is 1. The van der Waals surface area contributed by atoms with E-state index in [0.717, 1.165) is 24.3 Å². The average molecular weight is 395 g/mol. The van der Waals surface area contributed by atoms with E-state index < -0.39 is 40.7 Å². The molecule has 0 saturated heterocycles. The Hall–Kier alpha value is -3.29. The molecule has 0 spiro atoms. The van der Waals surface area contributed by atoms with Crippen LogP contribution < -0.4 is 5.32 Å². The maximum absolute atomic E-state index is 13.7. The van der Waals surface area contributed by atoms with Gasteiger partial charge in [0.05, 0.1) is 11.1 Å². The van der Waals surface area contributed by atoms with Crippen LogP contribution in [0, 0.1) is 17.5 Å². The fourth-order valence-corrected chi connectivity index (χ4v) is 2.61. The van der Waals surface area contributed by atoms with Crippen molar-refractivity contribution in [1.82, 2.24) is 0 Å². The molecule has 0 radical (unpaired) electrons. The molecule has 0 heterocycles. The maximum Gasteiger partial charge on any atom is 0.417 e. The molecule has 1 amide bonds. The largest absolute Gasteiger partial charge is 0.417 e. The van der Waals surface area contributed by atoms with Gasteiger partial charge in [0.2, 0.25) is 0 Å². The molecule has 0 fully saturated rings. The molecule has 28 heavy (non-hydrogen) atoms. The van der Waals surface area contributed by atoms with Crippen LogP contribution in [0.15, 0.2) is 60.7 Å². The fourth-order valence-electron chi connectivity index (χ4n) is 2.61. The van der Waals surface area contributed by atoms with E-state index in [9.17, 15) is 31.1 Å². The van der Waals surface area contributed by atoms with Crippen molar-refractivity contribution in [2.45, 2.75) is 6.18 Å². The number of halogens is 6. The van der Waals surface area contributed by atoms with Crippen molar-refractivity contribution >= 4 is 11.6 Å². The van der Waals surface area contributed by atoms with Crippen LogP contribution in [0.3, 0.4) is 0 Å². The molecule has 0 unspecified atom stereocenters. The third-order valence-corrected chi connectivity index (χ3v) is 3.94. The van der Waals surface area contributed by atoms with Gasteiger partial charge < -0.3 is 5.32 Å². The highest BCUT2D eigenvalue weighted by Gasteiger charge is 2.34. The lowest BCUT2D eigenvalue weighted by atomic mass is 9.99. The van der Waals surface area contributed by atoms with Crippen molar-refractivity contribution < 1.29 is 31.1 Å². The molecule has 0 aromatic heterocycles. The Kier molecular flexibility index (Phi) is 5.13. The molecule has 1 N–H and O–H groups in total. The minimum absolute atomic E-state index is 0.141. The van der Waals surface area contributed by atoms with E-state index in [4.69, 9.17) is 0 Å². The zero-order valence-electron chi connectivity index (χ0n) is 13.9. The zero-order valence-corrected chi connectivity index (χ0v) is 13.9. The van der Waals surface area contributed by atoms with Gasteiger partial charge in [0, 0.05) is 5.69 Å². The van der Waals surface area contributed by atoms with E-state index in [1.165, 1.54) is 30.3 Å². The van der Waals surface area contributed by atoms with Crippen LogP contribution in [0.5, 0.6) is 0 Å². The van der Waals surface area contributed by atoms with Crippen molar-refractivity contribution in [3.63, 3.8) is 0 Å². The van der Waals surface area contributed by atoms with Gasteiger partial charge in [-0.3, -0.25) is 4.79 Å². The third kappa shape index (κ3) is 4.00. The van der Waals surface area contributed by atoms with Gasteiger partial charge in [-0.15, -0.1) is 0 Å². The van der Waals surface area contributed by atoms with Crippen LogP contribution in [0.25, 0.3) is 11.1 Å². The number of benzene rings is 3. The molecule has 144 valence electrons. The monoisotopic (exact) mass is 395 g/mol. The highest BCUT2D eigenvalue weighted by atomic mass is 19.4. The Bertz CT molecular complexity index is 1030. The number of alkyl halides is 3. The molecule has 0 atom stereocenters. The molecular weight excluding hydrogens is 384 g/mol. The fraction of sp³-hybridized carbons (Fsp3) is 0.0500. The van der Waals surface area contributed by atoms with E-state index in [-0.39, 0.29) is 16.8 Å². The SMILES string of the molecule is O=C(Nc1ccc(-c2ccc(F)cc2C(F)(F)F)cc1)c1cccc(F)c1F. The van der Waals surface area contributed by atoms with Gasteiger partial charge in [0.25, 0.3) is 5.91 Å². The first kappa shape index (κ1) is 19.5. The van der Waals surface area contributed by atoms with Crippen molar-refractivity contribution in [2.24, 2.45) is 0 Å². The summed E-state index contributed by atoms with van der Waals surface area (Å²) < 4.78 is 79.5. The van der Waals surface area contributed by atoms with Crippen molar-refractivity contribution in [3.8, 4) is 11.1 Å². The van der Waals surface area contributed by atoms with Gasteiger partial charge in [-0.05, 0) is 47.5 Å². The molecule has 8 heteroatoms. The first-order chi connectivity index (χ1) is 13.2. The molecule has 0 aliphatic carbocycles. The Morgan fingerprint density at radius 3 is 2.18 bits per heavy atom. The smallest absolute Gasteiger partial charge is 0.322 e. The number of rotatable bonds is 3. The van der Waals surface area contributed by atoms with E-state index in [2.05, 4.69) is 5.32 Å². The van der Waals surface area contributed by atoms with Gasteiger partial charge >= 0.3 is 6.18 Å². The first-order valence-electron chi connectivity index (χ1n) is 7.89. The summed E-state index contributed by atoms with van der Waals surface area (Å²) in [6, 6.07) is 10.6. The van der Waals surface area contributed by atoms with Crippen LogP contribution in [0.1, 0.15) is 15.9 Å². The molecule has 0 saturated carbocycles. The Morgan fingerprint density at radius 1 is 0.857 bits per heavy atom. The molecule has 3 rings (SSSR count).